The predicted octanol–water partition coefficient (Wildman–Crippen LogP) is 3.76. The zero-order valence-corrected chi connectivity index (χ0v) is 13.4. The average Bonchev–Trinajstić information content (AvgIpc) is 2.60. The van der Waals surface area contributed by atoms with Crippen LogP contribution >= 0.6 is 23.1 Å². The molecule has 0 spiro atoms. The molecule has 0 aliphatic rings. The molecule has 0 amide bonds. The van der Waals surface area contributed by atoms with E-state index in [4.69, 9.17) is 4.98 Å². The summed E-state index contributed by atoms with van der Waals surface area (Å²) in [5, 5.41) is 4.79. The molecule has 1 atom stereocenters. The Balaban J connectivity index is 2.74. The topological polar surface area (TPSA) is 24.9 Å². The number of nitrogens with zero attached hydrogens (tertiary/aromatic N) is 1. The van der Waals surface area contributed by atoms with Gasteiger partial charge >= 0.3 is 0 Å². The fraction of sp³-hybridized carbons (Fsp3) is 0.769. The molecule has 0 fully saturated rings. The SMILES string of the molecule is CSCCNC(C)c1sc(C(C)(C)C)nc1C. The van der Waals surface area contributed by atoms with Crippen LogP contribution in [-0.4, -0.2) is 23.5 Å². The molecule has 1 N–H and O–H groups in total. The second-order valence-electron chi connectivity index (χ2n) is 5.39. The predicted molar refractivity (Wildman–Crippen MR) is 80.4 cm³/mol. The molecule has 1 aromatic heterocycles. The Morgan fingerprint density at radius 1 is 1.41 bits per heavy atom. The van der Waals surface area contributed by atoms with E-state index in [0.29, 0.717) is 6.04 Å². The van der Waals surface area contributed by atoms with Gasteiger partial charge in [0.15, 0.2) is 0 Å². The smallest absolute Gasteiger partial charge is 0.0985 e. The zero-order chi connectivity index (χ0) is 13.1. The quantitative estimate of drug-likeness (QED) is 0.826. The third-order valence-electron chi connectivity index (χ3n) is 2.62. The Bertz CT molecular complexity index is 353. The van der Waals surface area contributed by atoms with Crippen LogP contribution in [-0.2, 0) is 5.41 Å². The van der Waals surface area contributed by atoms with Crippen LogP contribution in [0.1, 0.15) is 49.3 Å². The summed E-state index contributed by atoms with van der Waals surface area (Å²) < 4.78 is 0. The van der Waals surface area contributed by atoms with E-state index in [1.54, 1.807) is 0 Å². The number of hydrogen-bond donors (Lipinski definition) is 1. The summed E-state index contributed by atoms with van der Waals surface area (Å²) in [6.45, 7) is 12.1. The highest BCUT2D eigenvalue weighted by molar-refractivity contribution is 7.98. The number of aryl methyl sites for hydroxylation is 1. The van der Waals surface area contributed by atoms with Crippen LogP contribution < -0.4 is 5.32 Å². The number of hydrogen-bond acceptors (Lipinski definition) is 4. The van der Waals surface area contributed by atoms with Gasteiger partial charge < -0.3 is 5.32 Å². The first-order valence-electron chi connectivity index (χ1n) is 6.06. The third-order valence-corrected chi connectivity index (χ3v) is 5.00. The van der Waals surface area contributed by atoms with Gasteiger partial charge in [-0.05, 0) is 20.1 Å². The molecule has 0 aliphatic carbocycles. The monoisotopic (exact) mass is 272 g/mol. The summed E-state index contributed by atoms with van der Waals surface area (Å²) in [6.07, 6.45) is 2.14. The van der Waals surface area contributed by atoms with E-state index in [1.165, 1.54) is 15.6 Å². The summed E-state index contributed by atoms with van der Waals surface area (Å²) in [5.74, 6) is 1.16. The first-order chi connectivity index (χ1) is 7.86. The second-order valence-corrected chi connectivity index (χ2v) is 7.40. The number of thioether (sulfide) groups is 1. The fourth-order valence-electron chi connectivity index (χ4n) is 1.60. The fourth-order valence-corrected chi connectivity index (χ4v) is 3.07. The van der Waals surface area contributed by atoms with Gasteiger partial charge in [-0.3, -0.25) is 0 Å². The Labute approximate surface area is 114 Å². The molecule has 0 aliphatic heterocycles. The van der Waals surface area contributed by atoms with Crippen molar-refractivity contribution in [2.45, 2.75) is 46.1 Å². The molecule has 4 heteroatoms. The Morgan fingerprint density at radius 2 is 2.06 bits per heavy atom. The maximum Gasteiger partial charge on any atom is 0.0985 e. The van der Waals surface area contributed by atoms with Gasteiger partial charge in [-0.2, -0.15) is 11.8 Å². The van der Waals surface area contributed by atoms with Crippen LogP contribution in [0.3, 0.4) is 0 Å². The summed E-state index contributed by atoms with van der Waals surface area (Å²) in [4.78, 5) is 6.09. The summed E-state index contributed by atoms with van der Waals surface area (Å²) >= 11 is 3.73. The van der Waals surface area contributed by atoms with E-state index in [-0.39, 0.29) is 5.41 Å². The van der Waals surface area contributed by atoms with Crippen LogP contribution in [0.15, 0.2) is 0 Å². The van der Waals surface area contributed by atoms with Gasteiger partial charge in [0.1, 0.15) is 0 Å². The lowest BCUT2D eigenvalue weighted by Gasteiger charge is -2.14. The van der Waals surface area contributed by atoms with Gasteiger partial charge in [0, 0.05) is 28.6 Å². The largest absolute Gasteiger partial charge is 0.309 e. The van der Waals surface area contributed by atoms with E-state index >= 15 is 0 Å². The molecule has 0 radical (unpaired) electrons. The highest BCUT2D eigenvalue weighted by Crippen LogP contribution is 2.32. The van der Waals surface area contributed by atoms with Crippen molar-refractivity contribution >= 4 is 23.1 Å². The minimum Gasteiger partial charge on any atom is -0.309 e. The van der Waals surface area contributed by atoms with Crippen LogP contribution in [0.25, 0.3) is 0 Å². The van der Waals surface area contributed by atoms with Crippen molar-refractivity contribution in [3.63, 3.8) is 0 Å². The number of nitrogens with one attached hydrogen (secondary N) is 1. The molecule has 0 saturated carbocycles. The normalized spacial score (nSPS) is 14.0. The number of rotatable bonds is 5. The highest BCUT2D eigenvalue weighted by Gasteiger charge is 2.22. The highest BCUT2D eigenvalue weighted by atomic mass is 32.2. The van der Waals surface area contributed by atoms with Gasteiger partial charge in [-0.15, -0.1) is 11.3 Å². The molecule has 1 rings (SSSR count). The van der Waals surface area contributed by atoms with Crippen LogP contribution in [0, 0.1) is 6.92 Å². The van der Waals surface area contributed by atoms with Crippen molar-refractivity contribution < 1.29 is 0 Å². The third kappa shape index (κ3) is 4.27. The maximum atomic E-state index is 4.70. The Hall–Kier alpha value is -0.0600. The summed E-state index contributed by atoms with van der Waals surface area (Å²) in [5.41, 5.74) is 1.34. The molecule has 2 nitrogen and oxygen atoms in total. The van der Waals surface area contributed by atoms with Gasteiger partial charge in [-0.25, -0.2) is 4.98 Å². The second kappa shape index (κ2) is 6.21. The van der Waals surface area contributed by atoms with Crippen LogP contribution in [0.2, 0.25) is 0 Å². The molecular formula is C13H24N2S2. The zero-order valence-electron chi connectivity index (χ0n) is 11.8. The van der Waals surface area contributed by atoms with Gasteiger partial charge in [0.2, 0.25) is 0 Å². The van der Waals surface area contributed by atoms with Crippen molar-refractivity contribution in [2.24, 2.45) is 0 Å². The number of aromatic nitrogens is 1. The molecular weight excluding hydrogens is 248 g/mol. The van der Waals surface area contributed by atoms with E-state index in [0.717, 1.165) is 12.3 Å². The lowest BCUT2D eigenvalue weighted by atomic mass is 9.98. The molecule has 1 heterocycles. The van der Waals surface area contributed by atoms with Gasteiger partial charge in [0.25, 0.3) is 0 Å². The minimum atomic E-state index is 0.159. The molecule has 0 saturated heterocycles. The van der Waals surface area contributed by atoms with Crippen molar-refractivity contribution in [2.75, 3.05) is 18.6 Å². The maximum absolute atomic E-state index is 4.70. The van der Waals surface area contributed by atoms with Crippen molar-refractivity contribution in [3.8, 4) is 0 Å². The van der Waals surface area contributed by atoms with E-state index in [2.05, 4.69) is 46.2 Å². The van der Waals surface area contributed by atoms with Gasteiger partial charge in [-0.1, -0.05) is 20.8 Å². The van der Waals surface area contributed by atoms with E-state index in [1.807, 2.05) is 23.1 Å². The van der Waals surface area contributed by atoms with Gasteiger partial charge in [0.05, 0.1) is 10.7 Å². The molecule has 1 unspecified atom stereocenters. The lowest BCUT2D eigenvalue weighted by molar-refractivity contribution is 0.583. The van der Waals surface area contributed by atoms with Crippen LogP contribution in [0.5, 0.6) is 0 Å². The molecule has 98 valence electrons. The molecule has 1 aromatic rings. The minimum absolute atomic E-state index is 0.159. The Kier molecular flexibility index (Phi) is 5.48. The first kappa shape index (κ1) is 15.0. The van der Waals surface area contributed by atoms with Crippen molar-refractivity contribution in [1.29, 1.82) is 0 Å². The van der Waals surface area contributed by atoms with E-state index < -0.39 is 0 Å². The summed E-state index contributed by atoms with van der Waals surface area (Å²) in [6, 6.07) is 0.413. The van der Waals surface area contributed by atoms with Crippen molar-refractivity contribution in [1.82, 2.24) is 10.3 Å². The molecule has 0 bridgehead atoms. The molecule has 17 heavy (non-hydrogen) atoms. The van der Waals surface area contributed by atoms with E-state index in [9.17, 15) is 0 Å². The first-order valence-corrected chi connectivity index (χ1v) is 8.27. The Morgan fingerprint density at radius 3 is 2.53 bits per heavy atom. The average molecular weight is 272 g/mol. The van der Waals surface area contributed by atoms with Crippen molar-refractivity contribution in [3.05, 3.63) is 15.6 Å². The number of thiazole rings is 1. The standard InChI is InChI=1S/C13H24N2S2/c1-9(14-7-8-16-6)11-10(2)15-12(17-11)13(3,4)5/h9,14H,7-8H2,1-6H3. The lowest BCUT2D eigenvalue weighted by Crippen LogP contribution is -2.21. The molecule has 0 aromatic carbocycles. The van der Waals surface area contributed by atoms with Crippen LogP contribution in [0.4, 0.5) is 0 Å². The summed E-state index contributed by atoms with van der Waals surface area (Å²) in [7, 11) is 0.